The van der Waals surface area contributed by atoms with Crippen LogP contribution < -0.4 is 0 Å². The van der Waals surface area contributed by atoms with Crippen LogP contribution in [0.2, 0.25) is 0 Å². The summed E-state index contributed by atoms with van der Waals surface area (Å²) in [6.45, 7) is 10.3. The summed E-state index contributed by atoms with van der Waals surface area (Å²) in [6, 6.07) is 0. The summed E-state index contributed by atoms with van der Waals surface area (Å²) in [7, 11) is 0. The van der Waals surface area contributed by atoms with E-state index in [4.69, 9.17) is 0 Å². The van der Waals surface area contributed by atoms with Gasteiger partial charge in [0.1, 0.15) is 0 Å². The molecule has 6 atom stereocenters. The van der Waals surface area contributed by atoms with Crippen LogP contribution in [0.1, 0.15) is 47.0 Å². The third kappa shape index (κ3) is 0.339. The minimum absolute atomic E-state index is 0.601. The Hall–Kier alpha value is -0.260. The molecule has 0 aromatic rings. The molecule has 6 unspecified atom stereocenters. The summed E-state index contributed by atoms with van der Waals surface area (Å²) >= 11 is 0. The van der Waals surface area contributed by atoms with E-state index in [1.807, 2.05) is 11.1 Å². The van der Waals surface area contributed by atoms with E-state index in [0.29, 0.717) is 10.8 Å². The molecule has 15 heavy (non-hydrogen) atoms. The molecule has 0 saturated heterocycles. The molecule has 0 aliphatic heterocycles. The summed E-state index contributed by atoms with van der Waals surface area (Å²) in [5, 5.41) is 0. The second-order valence-electron chi connectivity index (χ2n) is 7.64. The Balaban J connectivity index is 1.97. The van der Waals surface area contributed by atoms with Crippen LogP contribution in [0, 0.1) is 33.5 Å². The van der Waals surface area contributed by atoms with Gasteiger partial charge in [-0.1, -0.05) is 31.9 Å². The quantitative estimate of drug-likeness (QED) is 0.522. The van der Waals surface area contributed by atoms with E-state index in [1.54, 1.807) is 12.8 Å². The average molecular weight is 200 g/mol. The van der Waals surface area contributed by atoms with Crippen molar-refractivity contribution in [3.8, 4) is 0 Å². The van der Waals surface area contributed by atoms with Gasteiger partial charge in [-0.2, -0.15) is 0 Å². The van der Waals surface area contributed by atoms with E-state index in [1.165, 1.54) is 6.42 Å². The summed E-state index contributed by atoms with van der Waals surface area (Å²) < 4.78 is 0. The Kier molecular flexibility index (Phi) is 0.785. The first-order valence-corrected chi connectivity index (χ1v) is 6.66. The summed E-state index contributed by atoms with van der Waals surface area (Å²) in [5.41, 5.74) is 6.53. The van der Waals surface area contributed by atoms with Crippen molar-refractivity contribution >= 4 is 0 Å². The van der Waals surface area contributed by atoms with E-state index < -0.39 is 0 Å². The van der Waals surface area contributed by atoms with Gasteiger partial charge in [0.05, 0.1) is 0 Å². The van der Waals surface area contributed by atoms with Gasteiger partial charge >= 0.3 is 0 Å². The van der Waals surface area contributed by atoms with Crippen molar-refractivity contribution in [3.63, 3.8) is 0 Å². The Morgan fingerprint density at radius 2 is 2.00 bits per heavy atom. The smallest absolute Gasteiger partial charge is 0.00167 e. The zero-order valence-corrected chi connectivity index (χ0v) is 10.3. The second kappa shape index (κ2) is 1.49. The highest BCUT2D eigenvalue weighted by Gasteiger charge is 2.95. The van der Waals surface area contributed by atoms with Crippen molar-refractivity contribution in [1.29, 1.82) is 0 Å². The molecular formula is C15H20. The van der Waals surface area contributed by atoms with Crippen molar-refractivity contribution in [2.75, 3.05) is 0 Å². The molecule has 0 aromatic carbocycles. The molecule has 0 aromatic heterocycles. The van der Waals surface area contributed by atoms with E-state index in [0.717, 1.165) is 22.7 Å². The van der Waals surface area contributed by atoms with Crippen LogP contribution >= 0.6 is 0 Å². The third-order valence-electron chi connectivity index (χ3n) is 8.66. The fraction of sp³-hybridized carbons (Fsp3) is 0.867. The maximum Gasteiger partial charge on any atom is 0.00167 e. The summed E-state index contributed by atoms with van der Waals surface area (Å²) in [4.78, 5) is 0. The van der Waals surface area contributed by atoms with Crippen molar-refractivity contribution < 1.29 is 0 Å². The summed E-state index contributed by atoms with van der Waals surface area (Å²) in [5.74, 6) is 2.07. The molecule has 4 fully saturated rings. The third-order valence-corrected chi connectivity index (χ3v) is 8.66. The van der Waals surface area contributed by atoms with Crippen LogP contribution in [0.3, 0.4) is 0 Å². The maximum atomic E-state index is 2.63. The maximum absolute atomic E-state index is 2.63. The van der Waals surface area contributed by atoms with Crippen LogP contribution in [0.15, 0.2) is 11.1 Å². The van der Waals surface area contributed by atoms with Gasteiger partial charge in [0.25, 0.3) is 0 Å². The minimum Gasteiger partial charge on any atom is -0.0664 e. The zero-order chi connectivity index (χ0) is 10.4. The highest BCUT2D eigenvalue weighted by molar-refractivity contribution is 5.61. The molecule has 6 aliphatic rings. The lowest BCUT2D eigenvalue weighted by Gasteiger charge is -2.72. The Bertz CT molecular complexity index is 472. The summed E-state index contributed by atoms with van der Waals surface area (Å²) in [6.07, 6.45) is 4.64. The number of rotatable bonds is 0. The fourth-order valence-corrected chi connectivity index (χ4v) is 8.06. The van der Waals surface area contributed by atoms with Crippen molar-refractivity contribution in [2.24, 2.45) is 33.5 Å². The molecular weight excluding hydrogens is 180 g/mol. The number of hydrogen-bond donors (Lipinski definition) is 0. The highest BCUT2D eigenvalue weighted by Crippen LogP contribution is 3.02. The SMILES string of the molecule is CC1=C2CC34CC5C(C)C(C)(C25C3)C14C. The Morgan fingerprint density at radius 3 is 2.53 bits per heavy atom. The molecule has 0 nitrogen and oxygen atoms in total. The van der Waals surface area contributed by atoms with Crippen LogP contribution in [-0.4, -0.2) is 0 Å². The van der Waals surface area contributed by atoms with Gasteiger partial charge in [-0.05, 0) is 48.9 Å². The van der Waals surface area contributed by atoms with Crippen LogP contribution in [-0.2, 0) is 0 Å². The molecule has 6 aliphatic carbocycles. The predicted octanol–water partition coefficient (Wildman–Crippen LogP) is 3.78. The monoisotopic (exact) mass is 200 g/mol. The van der Waals surface area contributed by atoms with Gasteiger partial charge < -0.3 is 0 Å². The molecule has 0 N–H and O–H groups in total. The number of hydrogen-bond acceptors (Lipinski definition) is 0. The first-order valence-electron chi connectivity index (χ1n) is 6.66. The average Bonchev–Trinajstić information content (AvgIpc) is 2.84. The molecule has 4 saturated carbocycles. The molecule has 0 amide bonds. The molecule has 0 heterocycles. The topological polar surface area (TPSA) is 0 Å². The Labute approximate surface area is 92.1 Å². The van der Waals surface area contributed by atoms with Crippen LogP contribution in [0.4, 0.5) is 0 Å². The lowest BCUT2D eigenvalue weighted by molar-refractivity contribution is -0.229. The van der Waals surface area contributed by atoms with Crippen LogP contribution in [0.25, 0.3) is 0 Å². The van der Waals surface area contributed by atoms with E-state index in [2.05, 4.69) is 27.7 Å². The van der Waals surface area contributed by atoms with Crippen LogP contribution in [0.5, 0.6) is 0 Å². The molecule has 80 valence electrons. The molecule has 4 bridgehead atoms. The Morgan fingerprint density at radius 1 is 1.27 bits per heavy atom. The van der Waals surface area contributed by atoms with Crippen molar-refractivity contribution in [2.45, 2.75) is 47.0 Å². The largest absolute Gasteiger partial charge is 0.0664 e. The molecule has 0 radical (unpaired) electrons. The standard InChI is InChI=1S/C15H20/c1-8-10-5-14-6-11-9(2)13(4,12(8,14)3)15(10,11)7-14/h9,11H,5-7H2,1-4H3. The first kappa shape index (κ1) is 7.92. The van der Waals surface area contributed by atoms with Gasteiger partial charge in [0.2, 0.25) is 0 Å². The lowest BCUT2D eigenvalue weighted by Crippen LogP contribution is -2.68. The lowest BCUT2D eigenvalue weighted by atomic mass is 9.31. The molecule has 6 rings (SSSR count). The van der Waals surface area contributed by atoms with E-state index in [9.17, 15) is 0 Å². The van der Waals surface area contributed by atoms with Gasteiger partial charge in [0, 0.05) is 10.8 Å². The normalized spacial score (nSPS) is 76.0. The minimum atomic E-state index is 0.601. The second-order valence-corrected chi connectivity index (χ2v) is 7.64. The zero-order valence-electron chi connectivity index (χ0n) is 10.3. The predicted molar refractivity (Wildman–Crippen MR) is 60.3 cm³/mol. The fourth-order valence-electron chi connectivity index (χ4n) is 8.06. The van der Waals surface area contributed by atoms with Crippen molar-refractivity contribution in [3.05, 3.63) is 11.1 Å². The van der Waals surface area contributed by atoms with E-state index in [-0.39, 0.29) is 0 Å². The van der Waals surface area contributed by atoms with Gasteiger partial charge in [-0.3, -0.25) is 0 Å². The van der Waals surface area contributed by atoms with E-state index >= 15 is 0 Å². The molecule has 2 spiro atoms. The van der Waals surface area contributed by atoms with Gasteiger partial charge in [0.15, 0.2) is 0 Å². The number of allylic oxidation sites excluding steroid dienone is 2. The first-order chi connectivity index (χ1) is 6.96. The van der Waals surface area contributed by atoms with Gasteiger partial charge in [-0.15, -0.1) is 0 Å². The molecule has 0 heteroatoms. The van der Waals surface area contributed by atoms with Gasteiger partial charge in [-0.25, -0.2) is 0 Å². The van der Waals surface area contributed by atoms with Crippen molar-refractivity contribution in [1.82, 2.24) is 0 Å². The highest BCUT2D eigenvalue weighted by atomic mass is 15.0.